The van der Waals surface area contributed by atoms with E-state index in [0.717, 1.165) is 16.6 Å². The lowest BCUT2D eigenvalue weighted by molar-refractivity contribution is -0.118. The van der Waals surface area contributed by atoms with Crippen LogP contribution in [0.3, 0.4) is 0 Å². The fourth-order valence-corrected chi connectivity index (χ4v) is 3.32. The largest absolute Gasteiger partial charge is 0.352 e. The Bertz CT molecular complexity index is 758. The van der Waals surface area contributed by atoms with Gasteiger partial charge in [0.25, 0.3) is 5.91 Å². The first-order chi connectivity index (χ1) is 11.6. The highest BCUT2D eigenvalue weighted by Gasteiger charge is 2.29. The van der Waals surface area contributed by atoms with Crippen molar-refractivity contribution in [2.24, 2.45) is 0 Å². The Morgan fingerprint density at radius 2 is 1.88 bits per heavy atom. The number of halogens is 1. The number of benzene rings is 2. The zero-order valence-corrected chi connectivity index (χ0v) is 15.0. The van der Waals surface area contributed by atoms with Gasteiger partial charge in [-0.15, -0.1) is 0 Å². The topological polar surface area (TPSA) is 49.4 Å². The van der Waals surface area contributed by atoms with Gasteiger partial charge in [-0.3, -0.25) is 9.59 Å². The van der Waals surface area contributed by atoms with Crippen molar-refractivity contribution in [2.75, 3.05) is 11.4 Å². The molecule has 0 aliphatic carbocycles. The van der Waals surface area contributed by atoms with Crippen molar-refractivity contribution >= 4 is 33.4 Å². The van der Waals surface area contributed by atoms with E-state index in [1.165, 1.54) is 5.56 Å². The molecule has 0 saturated heterocycles. The molecule has 2 aromatic carbocycles. The average Bonchev–Trinajstić information content (AvgIpc) is 2.91. The predicted molar refractivity (Wildman–Crippen MR) is 98.2 cm³/mol. The maximum atomic E-state index is 12.5. The average molecular weight is 387 g/mol. The zero-order valence-electron chi connectivity index (χ0n) is 13.5. The number of hydrogen-bond acceptors (Lipinski definition) is 2. The first-order valence-corrected chi connectivity index (χ1v) is 8.79. The van der Waals surface area contributed by atoms with Crippen molar-refractivity contribution < 1.29 is 9.59 Å². The molecular formula is C19H19BrN2O2. The van der Waals surface area contributed by atoms with Crippen LogP contribution in [-0.2, 0) is 11.2 Å². The molecule has 1 aliphatic rings. The SMILES string of the molecule is C[C@@H]1Cc2ccccc2N1C(=O)CCNC(=O)c1ccc(Br)cc1. The molecule has 4 nitrogen and oxygen atoms in total. The van der Waals surface area contributed by atoms with Gasteiger partial charge in [0.15, 0.2) is 0 Å². The van der Waals surface area contributed by atoms with Crippen LogP contribution in [0.25, 0.3) is 0 Å². The second-order valence-electron chi connectivity index (χ2n) is 5.96. The van der Waals surface area contributed by atoms with Gasteiger partial charge >= 0.3 is 0 Å². The highest BCUT2D eigenvalue weighted by atomic mass is 79.9. The molecule has 0 fully saturated rings. The number of nitrogens with zero attached hydrogens (tertiary/aromatic N) is 1. The number of nitrogens with one attached hydrogen (secondary N) is 1. The molecule has 1 heterocycles. The van der Waals surface area contributed by atoms with Crippen molar-refractivity contribution in [3.05, 3.63) is 64.1 Å². The molecule has 0 bridgehead atoms. The molecule has 1 aliphatic heterocycles. The number of anilines is 1. The summed E-state index contributed by atoms with van der Waals surface area (Å²) in [4.78, 5) is 26.5. The monoisotopic (exact) mass is 386 g/mol. The number of hydrogen-bond donors (Lipinski definition) is 1. The van der Waals surface area contributed by atoms with E-state index in [4.69, 9.17) is 0 Å². The molecule has 3 rings (SSSR count). The summed E-state index contributed by atoms with van der Waals surface area (Å²) in [6.07, 6.45) is 1.17. The van der Waals surface area contributed by atoms with Crippen LogP contribution in [0.15, 0.2) is 53.0 Å². The van der Waals surface area contributed by atoms with E-state index in [1.54, 1.807) is 12.1 Å². The van der Waals surface area contributed by atoms with E-state index in [2.05, 4.69) is 34.2 Å². The van der Waals surface area contributed by atoms with Gasteiger partial charge in [-0.25, -0.2) is 0 Å². The standard InChI is InChI=1S/C19H19BrN2O2/c1-13-12-15-4-2-3-5-17(15)22(13)18(23)10-11-21-19(24)14-6-8-16(20)9-7-14/h2-9,13H,10-12H2,1H3,(H,21,24)/t13-/m1/s1. The summed E-state index contributed by atoms with van der Waals surface area (Å²) in [7, 11) is 0. The quantitative estimate of drug-likeness (QED) is 0.873. The van der Waals surface area contributed by atoms with E-state index in [0.29, 0.717) is 18.5 Å². The van der Waals surface area contributed by atoms with E-state index in [-0.39, 0.29) is 17.9 Å². The minimum atomic E-state index is -0.162. The summed E-state index contributed by atoms with van der Waals surface area (Å²) in [5, 5.41) is 2.81. The van der Waals surface area contributed by atoms with Gasteiger partial charge < -0.3 is 10.2 Å². The number of amides is 2. The number of para-hydroxylation sites is 1. The van der Waals surface area contributed by atoms with Crippen LogP contribution < -0.4 is 10.2 Å². The third-order valence-corrected chi connectivity index (χ3v) is 4.74. The first-order valence-electron chi connectivity index (χ1n) is 8.00. The summed E-state index contributed by atoms with van der Waals surface area (Å²) in [6.45, 7) is 2.39. The van der Waals surface area contributed by atoms with Gasteiger partial charge in [-0.2, -0.15) is 0 Å². The molecule has 1 atom stereocenters. The molecule has 124 valence electrons. The zero-order chi connectivity index (χ0) is 17.1. The van der Waals surface area contributed by atoms with Crippen molar-refractivity contribution in [3.8, 4) is 0 Å². The van der Waals surface area contributed by atoms with E-state index < -0.39 is 0 Å². The third kappa shape index (κ3) is 3.51. The Balaban J connectivity index is 1.56. The lowest BCUT2D eigenvalue weighted by Crippen LogP contribution is -2.38. The lowest BCUT2D eigenvalue weighted by Gasteiger charge is -2.22. The van der Waals surface area contributed by atoms with Crippen molar-refractivity contribution in [2.45, 2.75) is 25.8 Å². The van der Waals surface area contributed by atoms with Crippen LogP contribution in [0.1, 0.15) is 29.3 Å². The van der Waals surface area contributed by atoms with Crippen LogP contribution in [0.5, 0.6) is 0 Å². The van der Waals surface area contributed by atoms with Crippen LogP contribution in [0.2, 0.25) is 0 Å². The normalized spacial score (nSPS) is 15.9. The fraction of sp³-hybridized carbons (Fsp3) is 0.263. The maximum absolute atomic E-state index is 12.5. The highest BCUT2D eigenvalue weighted by molar-refractivity contribution is 9.10. The smallest absolute Gasteiger partial charge is 0.251 e. The highest BCUT2D eigenvalue weighted by Crippen LogP contribution is 2.32. The van der Waals surface area contributed by atoms with Crippen molar-refractivity contribution in [1.29, 1.82) is 0 Å². The van der Waals surface area contributed by atoms with Crippen LogP contribution in [0, 0.1) is 0 Å². The van der Waals surface area contributed by atoms with Gasteiger partial charge in [0.2, 0.25) is 5.91 Å². The van der Waals surface area contributed by atoms with Crippen LogP contribution in [0.4, 0.5) is 5.69 Å². The second-order valence-corrected chi connectivity index (χ2v) is 6.87. The van der Waals surface area contributed by atoms with Gasteiger partial charge in [-0.1, -0.05) is 34.1 Å². The fourth-order valence-electron chi connectivity index (χ4n) is 3.05. The molecule has 0 unspecified atom stereocenters. The summed E-state index contributed by atoms with van der Waals surface area (Å²) in [5.41, 5.74) is 2.79. The van der Waals surface area contributed by atoms with Crippen LogP contribution >= 0.6 is 15.9 Å². The van der Waals surface area contributed by atoms with Gasteiger partial charge in [0.05, 0.1) is 0 Å². The summed E-state index contributed by atoms with van der Waals surface area (Å²) < 4.78 is 0.927. The Kier molecular flexibility index (Phi) is 5.00. The summed E-state index contributed by atoms with van der Waals surface area (Å²) in [6, 6.07) is 15.3. The maximum Gasteiger partial charge on any atom is 0.251 e. The minimum absolute atomic E-state index is 0.0450. The van der Waals surface area contributed by atoms with Gasteiger partial charge in [0, 0.05) is 34.7 Å². The van der Waals surface area contributed by atoms with Crippen molar-refractivity contribution in [3.63, 3.8) is 0 Å². The molecular weight excluding hydrogens is 368 g/mol. The second kappa shape index (κ2) is 7.18. The Hall–Kier alpha value is -2.14. The molecule has 5 heteroatoms. The van der Waals surface area contributed by atoms with Gasteiger partial charge in [-0.05, 0) is 49.2 Å². The number of fused-ring (bicyclic) bond motifs is 1. The molecule has 0 spiro atoms. The molecule has 1 N–H and O–H groups in total. The van der Waals surface area contributed by atoms with Gasteiger partial charge in [0.1, 0.15) is 0 Å². The first kappa shape index (κ1) is 16.7. The van der Waals surface area contributed by atoms with E-state index in [9.17, 15) is 9.59 Å². The molecule has 2 aromatic rings. The number of carbonyl (C=O) groups excluding carboxylic acids is 2. The molecule has 0 radical (unpaired) electrons. The molecule has 0 aromatic heterocycles. The third-order valence-electron chi connectivity index (χ3n) is 4.21. The van der Waals surface area contributed by atoms with Crippen molar-refractivity contribution in [1.82, 2.24) is 5.32 Å². The molecule has 0 saturated carbocycles. The summed E-state index contributed by atoms with van der Waals surface area (Å²) >= 11 is 3.34. The van der Waals surface area contributed by atoms with Crippen LogP contribution in [-0.4, -0.2) is 24.4 Å². The Morgan fingerprint density at radius 3 is 2.62 bits per heavy atom. The predicted octanol–water partition coefficient (Wildman–Crippen LogP) is 3.55. The number of rotatable bonds is 4. The minimum Gasteiger partial charge on any atom is -0.352 e. The number of carbonyl (C=O) groups is 2. The van der Waals surface area contributed by atoms with E-state index in [1.807, 2.05) is 35.2 Å². The Labute approximate surface area is 150 Å². The lowest BCUT2D eigenvalue weighted by atomic mass is 10.1. The summed E-state index contributed by atoms with van der Waals surface area (Å²) in [5.74, 6) is -0.117. The molecule has 2 amide bonds. The molecule has 24 heavy (non-hydrogen) atoms. The Morgan fingerprint density at radius 1 is 1.17 bits per heavy atom. The van der Waals surface area contributed by atoms with E-state index >= 15 is 0 Å².